The number of hydrogen-bond donors (Lipinski definition) is 3. The maximum Gasteiger partial charge on any atom is 0.416 e. The van der Waals surface area contributed by atoms with Gasteiger partial charge in [0.2, 0.25) is 0 Å². The van der Waals surface area contributed by atoms with Crippen LogP contribution in [0.2, 0.25) is 0 Å². The number of alkyl halides is 3. The average molecular weight is 341 g/mol. The fourth-order valence-corrected chi connectivity index (χ4v) is 2.06. The summed E-state index contributed by atoms with van der Waals surface area (Å²) < 4.78 is 43.0. The van der Waals surface area contributed by atoms with E-state index in [0.717, 1.165) is 17.7 Å². The maximum atomic E-state index is 12.6. The molecule has 1 unspecified atom stereocenters. The lowest BCUT2D eigenvalue weighted by atomic mass is 10.2. The van der Waals surface area contributed by atoms with Gasteiger partial charge in [-0.25, -0.2) is 0 Å². The van der Waals surface area contributed by atoms with Gasteiger partial charge in [0.25, 0.3) is 0 Å². The molecular formula is C17H18F3NO3. The van der Waals surface area contributed by atoms with E-state index in [-0.39, 0.29) is 24.7 Å². The first kappa shape index (κ1) is 18.1. The Balaban J connectivity index is 1.76. The molecule has 2 rings (SSSR count). The fourth-order valence-electron chi connectivity index (χ4n) is 2.06. The van der Waals surface area contributed by atoms with Gasteiger partial charge in [0.05, 0.1) is 5.56 Å². The molecule has 0 amide bonds. The minimum atomic E-state index is -4.43. The molecule has 1 atom stereocenters. The predicted molar refractivity (Wildman–Crippen MR) is 82.8 cm³/mol. The Morgan fingerprint density at radius 3 is 2.54 bits per heavy atom. The van der Waals surface area contributed by atoms with Crippen molar-refractivity contribution in [1.29, 1.82) is 0 Å². The van der Waals surface area contributed by atoms with Crippen molar-refractivity contribution >= 4 is 0 Å². The Morgan fingerprint density at radius 2 is 1.83 bits per heavy atom. The highest BCUT2D eigenvalue weighted by Gasteiger charge is 2.30. The monoisotopic (exact) mass is 341 g/mol. The van der Waals surface area contributed by atoms with E-state index in [9.17, 15) is 23.4 Å². The third kappa shape index (κ3) is 5.75. The molecule has 0 aliphatic carbocycles. The number of aliphatic hydroxyl groups excluding tert-OH is 1. The molecule has 0 aliphatic rings. The van der Waals surface area contributed by atoms with Crippen LogP contribution in [-0.2, 0) is 12.7 Å². The zero-order chi connectivity index (χ0) is 17.6. The van der Waals surface area contributed by atoms with Crippen LogP contribution >= 0.6 is 0 Å². The van der Waals surface area contributed by atoms with Crippen molar-refractivity contribution in [3.05, 3.63) is 59.7 Å². The number of benzene rings is 2. The summed E-state index contributed by atoms with van der Waals surface area (Å²) in [5, 5.41) is 22.1. The van der Waals surface area contributed by atoms with E-state index in [4.69, 9.17) is 4.74 Å². The molecule has 0 spiro atoms. The van der Waals surface area contributed by atoms with Gasteiger partial charge in [0, 0.05) is 13.1 Å². The molecule has 0 aromatic heterocycles. The molecule has 130 valence electrons. The van der Waals surface area contributed by atoms with Gasteiger partial charge >= 0.3 is 6.18 Å². The van der Waals surface area contributed by atoms with Crippen molar-refractivity contribution in [3.8, 4) is 11.5 Å². The number of nitrogens with one attached hydrogen (secondary N) is 1. The molecular weight excluding hydrogens is 323 g/mol. The highest BCUT2D eigenvalue weighted by atomic mass is 19.4. The second kappa shape index (κ2) is 8.03. The van der Waals surface area contributed by atoms with Crippen LogP contribution < -0.4 is 10.1 Å². The predicted octanol–water partition coefficient (Wildman–Crippen LogP) is 2.94. The van der Waals surface area contributed by atoms with E-state index in [1.807, 2.05) is 6.07 Å². The molecule has 24 heavy (non-hydrogen) atoms. The van der Waals surface area contributed by atoms with Crippen molar-refractivity contribution in [2.24, 2.45) is 0 Å². The Kier molecular flexibility index (Phi) is 6.05. The van der Waals surface area contributed by atoms with Crippen molar-refractivity contribution in [3.63, 3.8) is 0 Å². The number of ether oxygens (including phenoxy) is 1. The Morgan fingerprint density at radius 1 is 1.08 bits per heavy atom. The number of phenols is 1. The topological polar surface area (TPSA) is 61.7 Å². The first-order chi connectivity index (χ1) is 11.3. The third-order valence-electron chi connectivity index (χ3n) is 3.22. The highest BCUT2D eigenvalue weighted by Crippen LogP contribution is 2.31. The number of hydrogen-bond acceptors (Lipinski definition) is 4. The summed E-state index contributed by atoms with van der Waals surface area (Å²) in [6.45, 7) is 0.512. The second-order valence-electron chi connectivity index (χ2n) is 5.29. The smallest absolute Gasteiger partial charge is 0.416 e. The van der Waals surface area contributed by atoms with Gasteiger partial charge in [-0.15, -0.1) is 0 Å². The van der Waals surface area contributed by atoms with E-state index in [0.29, 0.717) is 6.54 Å². The quantitative estimate of drug-likeness (QED) is 0.725. The number of aliphatic hydroxyl groups is 1. The molecule has 0 aliphatic heterocycles. The van der Waals surface area contributed by atoms with Crippen molar-refractivity contribution in [1.82, 2.24) is 5.32 Å². The molecule has 0 saturated heterocycles. The number of phenolic OH excluding ortho intramolecular Hbond substituents is 1. The van der Waals surface area contributed by atoms with E-state index in [1.165, 1.54) is 12.1 Å². The van der Waals surface area contributed by atoms with Crippen LogP contribution in [-0.4, -0.2) is 29.5 Å². The van der Waals surface area contributed by atoms with Gasteiger partial charge in [-0.2, -0.15) is 13.2 Å². The summed E-state index contributed by atoms with van der Waals surface area (Å²) in [5.41, 5.74) is 0.0532. The highest BCUT2D eigenvalue weighted by molar-refractivity contribution is 5.30. The summed E-state index contributed by atoms with van der Waals surface area (Å²) >= 11 is 0. The normalized spacial score (nSPS) is 12.8. The number of rotatable bonds is 7. The van der Waals surface area contributed by atoms with Gasteiger partial charge < -0.3 is 20.3 Å². The molecule has 2 aromatic rings. The van der Waals surface area contributed by atoms with E-state index in [1.54, 1.807) is 18.2 Å². The molecule has 0 saturated carbocycles. The zero-order valence-corrected chi connectivity index (χ0v) is 12.8. The van der Waals surface area contributed by atoms with Crippen LogP contribution in [0, 0.1) is 0 Å². The number of aromatic hydroxyl groups is 1. The van der Waals surface area contributed by atoms with Crippen LogP contribution in [0.4, 0.5) is 13.2 Å². The van der Waals surface area contributed by atoms with Crippen molar-refractivity contribution in [2.75, 3.05) is 13.2 Å². The fraction of sp³-hybridized carbons (Fsp3) is 0.294. The standard InChI is InChI=1S/C17H18F3NO3/c18-17(19,20)13-4-2-6-16(8-13)24-11-15(23)10-21-9-12-3-1-5-14(22)7-12/h1-8,15,21-23H,9-11H2. The molecule has 0 heterocycles. The zero-order valence-electron chi connectivity index (χ0n) is 12.8. The lowest BCUT2D eigenvalue weighted by Gasteiger charge is -2.14. The summed E-state index contributed by atoms with van der Waals surface area (Å²) in [5.74, 6) is 0.208. The van der Waals surface area contributed by atoms with Crippen LogP contribution in [0.3, 0.4) is 0 Å². The van der Waals surface area contributed by atoms with Gasteiger partial charge in [0.1, 0.15) is 24.2 Å². The van der Waals surface area contributed by atoms with Gasteiger partial charge in [-0.1, -0.05) is 18.2 Å². The lowest BCUT2D eigenvalue weighted by molar-refractivity contribution is -0.137. The third-order valence-corrected chi connectivity index (χ3v) is 3.22. The minimum absolute atomic E-state index is 0.0526. The van der Waals surface area contributed by atoms with Crippen LogP contribution in [0.15, 0.2) is 48.5 Å². The van der Waals surface area contributed by atoms with E-state index >= 15 is 0 Å². The molecule has 7 heteroatoms. The number of halogens is 3. The first-order valence-electron chi connectivity index (χ1n) is 7.31. The van der Waals surface area contributed by atoms with E-state index in [2.05, 4.69) is 5.32 Å². The Hall–Kier alpha value is -2.25. The first-order valence-corrected chi connectivity index (χ1v) is 7.31. The molecule has 3 N–H and O–H groups in total. The summed E-state index contributed by atoms with van der Waals surface area (Å²) in [6.07, 6.45) is -5.31. The van der Waals surface area contributed by atoms with Gasteiger partial charge in [-0.05, 0) is 35.9 Å². The van der Waals surface area contributed by atoms with Gasteiger partial charge in [0.15, 0.2) is 0 Å². The molecule has 2 aromatic carbocycles. The Bertz CT molecular complexity index is 662. The second-order valence-corrected chi connectivity index (χ2v) is 5.29. The lowest BCUT2D eigenvalue weighted by Crippen LogP contribution is -2.31. The summed E-state index contributed by atoms with van der Waals surface area (Å²) in [4.78, 5) is 0. The summed E-state index contributed by atoms with van der Waals surface area (Å²) in [6, 6.07) is 11.2. The van der Waals surface area contributed by atoms with E-state index < -0.39 is 17.8 Å². The largest absolute Gasteiger partial charge is 0.508 e. The van der Waals surface area contributed by atoms with Crippen LogP contribution in [0.5, 0.6) is 11.5 Å². The molecule has 0 radical (unpaired) electrons. The SMILES string of the molecule is Oc1cccc(CNCC(O)COc2cccc(C(F)(F)F)c2)c1. The molecule has 0 fully saturated rings. The average Bonchev–Trinajstić information content (AvgIpc) is 2.52. The Labute approximate surface area is 137 Å². The van der Waals surface area contributed by atoms with Crippen molar-refractivity contribution < 1.29 is 28.1 Å². The van der Waals surface area contributed by atoms with Crippen LogP contribution in [0.25, 0.3) is 0 Å². The van der Waals surface area contributed by atoms with Crippen molar-refractivity contribution in [2.45, 2.75) is 18.8 Å². The molecule has 0 bridgehead atoms. The van der Waals surface area contributed by atoms with Gasteiger partial charge in [-0.3, -0.25) is 0 Å². The maximum absolute atomic E-state index is 12.6. The van der Waals surface area contributed by atoms with Crippen LogP contribution in [0.1, 0.15) is 11.1 Å². The summed E-state index contributed by atoms with van der Waals surface area (Å²) in [7, 11) is 0. The minimum Gasteiger partial charge on any atom is -0.508 e. The molecule has 4 nitrogen and oxygen atoms in total.